The molecule has 0 aliphatic carbocycles. The van der Waals surface area contributed by atoms with Gasteiger partial charge in [0.05, 0.1) is 11.6 Å². The van der Waals surface area contributed by atoms with Gasteiger partial charge >= 0.3 is 5.97 Å². The third-order valence-corrected chi connectivity index (χ3v) is 2.49. The first-order valence-electron chi connectivity index (χ1n) is 4.96. The Morgan fingerprint density at radius 2 is 2.35 bits per heavy atom. The van der Waals surface area contributed by atoms with Crippen molar-refractivity contribution in [1.82, 2.24) is 5.32 Å². The van der Waals surface area contributed by atoms with E-state index in [-0.39, 0.29) is 5.02 Å². The predicted molar refractivity (Wildman–Crippen MR) is 61.7 cm³/mol. The summed E-state index contributed by atoms with van der Waals surface area (Å²) in [4.78, 5) is 11.0. The normalized spacial score (nSPS) is 12.4. The van der Waals surface area contributed by atoms with Crippen LogP contribution >= 0.6 is 11.6 Å². The summed E-state index contributed by atoms with van der Waals surface area (Å²) >= 11 is 5.53. The molecule has 0 amide bonds. The first kappa shape index (κ1) is 13.9. The van der Waals surface area contributed by atoms with Gasteiger partial charge in [0.1, 0.15) is 11.9 Å². The van der Waals surface area contributed by atoms with Crippen LogP contribution < -0.4 is 5.32 Å². The summed E-state index contributed by atoms with van der Waals surface area (Å²) in [6.45, 7) is 0.734. The van der Waals surface area contributed by atoms with Crippen LogP contribution in [0.1, 0.15) is 11.6 Å². The Bertz CT molecular complexity index is 400. The van der Waals surface area contributed by atoms with Crippen molar-refractivity contribution in [1.29, 1.82) is 0 Å². The van der Waals surface area contributed by atoms with Crippen molar-refractivity contribution in [3.8, 4) is 0 Å². The Balaban J connectivity index is 2.82. The van der Waals surface area contributed by atoms with E-state index in [2.05, 4.69) is 5.32 Å². The molecule has 0 aromatic heterocycles. The average Bonchev–Trinajstić information content (AvgIpc) is 2.28. The molecule has 94 valence electrons. The maximum atomic E-state index is 13.2. The van der Waals surface area contributed by atoms with Gasteiger partial charge < -0.3 is 9.84 Å². The van der Waals surface area contributed by atoms with E-state index >= 15 is 0 Å². The lowest BCUT2D eigenvalue weighted by atomic mass is 10.1. The highest BCUT2D eigenvalue weighted by Crippen LogP contribution is 2.20. The SMILES string of the molecule is COCCNC(C(=O)O)c1ccc(Cl)c(F)c1. The van der Waals surface area contributed by atoms with Gasteiger partial charge in [0, 0.05) is 13.7 Å². The van der Waals surface area contributed by atoms with Crippen molar-refractivity contribution in [2.75, 3.05) is 20.3 Å². The summed E-state index contributed by atoms with van der Waals surface area (Å²) in [5.41, 5.74) is 0.315. The van der Waals surface area contributed by atoms with Crippen molar-refractivity contribution < 1.29 is 19.0 Å². The zero-order valence-corrected chi connectivity index (χ0v) is 10.00. The van der Waals surface area contributed by atoms with Gasteiger partial charge in [-0.05, 0) is 17.7 Å². The molecule has 4 nitrogen and oxygen atoms in total. The summed E-state index contributed by atoms with van der Waals surface area (Å²) in [7, 11) is 1.51. The summed E-state index contributed by atoms with van der Waals surface area (Å²) in [6.07, 6.45) is 0. The van der Waals surface area contributed by atoms with Crippen LogP contribution in [0.25, 0.3) is 0 Å². The second-order valence-electron chi connectivity index (χ2n) is 3.39. The van der Waals surface area contributed by atoms with Crippen LogP contribution in [-0.2, 0) is 9.53 Å². The molecule has 1 aromatic carbocycles. The minimum Gasteiger partial charge on any atom is -0.480 e. The van der Waals surface area contributed by atoms with Crippen molar-refractivity contribution in [3.63, 3.8) is 0 Å². The second kappa shape index (κ2) is 6.54. The van der Waals surface area contributed by atoms with Gasteiger partial charge in [-0.25, -0.2) is 4.39 Å². The number of rotatable bonds is 6. The van der Waals surface area contributed by atoms with Gasteiger partial charge in [-0.1, -0.05) is 17.7 Å². The topological polar surface area (TPSA) is 58.6 Å². The van der Waals surface area contributed by atoms with Gasteiger partial charge in [0.2, 0.25) is 0 Å². The molecule has 1 atom stereocenters. The fourth-order valence-electron chi connectivity index (χ4n) is 1.35. The van der Waals surface area contributed by atoms with Crippen molar-refractivity contribution in [2.24, 2.45) is 0 Å². The molecular weight excluding hydrogens is 249 g/mol. The first-order chi connectivity index (χ1) is 8.06. The molecule has 0 fully saturated rings. The standard InChI is InChI=1S/C11H13ClFNO3/c1-17-5-4-14-10(11(15)16)7-2-3-8(12)9(13)6-7/h2-3,6,10,14H,4-5H2,1H3,(H,15,16). The average molecular weight is 262 g/mol. The zero-order chi connectivity index (χ0) is 12.8. The van der Waals surface area contributed by atoms with Crippen LogP contribution in [0, 0.1) is 5.82 Å². The van der Waals surface area contributed by atoms with Crippen LogP contribution in [0.4, 0.5) is 4.39 Å². The maximum absolute atomic E-state index is 13.2. The van der Waals surface area contributed by atoms with Crippen molar-refractivity contribution in [3.05, 3.63) is 34.6 Å². The van der Waals surface area contributed by atoms with E-state index in [1.54, 1.807) is 0 Å². The van der Waals surface area contributed by atoms with Crippen molar-refractivity contribution >= 4 is 17.6 Å². The molecule has 6 heteroatoms. The number of benzene rings is 1. The Kier molecular flexibility index (Phi) is 5.34. The molecule has 0 bridgehead atoms. The molecule has 0 heterocycles. The van der Waals surface area contributed by atoms with E-state index < -0.39 is 17.8 Å². The summed E-state index contributed by atoms with van der Waals surface area (Å²) in [5, 5.41) is 11.7. The highest BCUT2D eigenvalue weighted by Gasteiger charge is 2.19. The Hall–Kier alpha value is -1.17. The molecule has 0 aliphatic rings. The number of halogens is 2. The minimum atomic E-state index is -1.08. The first-order valence-corrected chi connectivity index (χ1v) is 5.34. The van der Waals surface area contributed by atoms with Crippen LogP contribution in [-0.4, -0.2) is 31.3 Å². The fraction of sp³-hybridized carbons (Fsp3) is 0.364. The molecule has 0 saturated heterocycles. The van der Waals surface area contributed by atoms with Gasteiger partial charge in [-0.2, -0.15) is 0 Å². The van der Waals surface area contributed by atoms with E-state index in [1.807, 2.05) is 0 Å². The Morgan fingerprint density at radius 1 is 1.65 bits per heavy atom. The lowest BCUT2D eigenvalue weighted by Gasteiger charge is -2.14. The summed E-state index contributed by atoms with van der Waals surface area (Å²) in [6, 6.07) is 2.95. The fourth-order valence-corrected chi connectivity index (χ4v) is 1.46. The van der Waals surface area contributed by atoms with Crippen molar-refractivity contribution in [2.45, 2.75) is 6.04 Å². The maximum Gasteiger partial charge on any atom is 0.325 e. The Morgan fingerprint density at radius 3 is 2.88 bits per heavy atom. The van der Waals surface area contributed by atoms with E-state index in [4.69, 9.17) is 21.4 Å². The highest BCUT2D eigenvalue weighted by molar-refractivity contribution is 6.30. The number of carbonyl (C=O) groups is 1. The smallest absolute Gasteiger partial charge is 0.325 e. The summed E-state index contributed by atoms with van der Waals surface area (Å²) < 4.78 is 18.0. The number of nitrogens with one attached hydrogen (secondary N) is 1. The number of hydrogen-bond acceptors (Lipinski definition) is 3. The van der Waals surface area contributed by atoms with E-state index in [1.165, 1.54) is 19.2 Å². The number of carboxylic acids is 1. The number of ether oxygens (including phenoxy) is 1. The third-order valence-electron chi connectivity index (χ3n) is 2.18. The van der Waals surface area contributed by atoms with Gasteiger partial charge in [0.15, 0.2) is 0 Å². The molecule has 1 rings (SSSR count). The molecule has 1 aromatic rings. The number of carboxylic acid groups (broad SMARTS) is 1. The quantitative estimate of drug-likeness (QED) is 0.767. The highest BCUT2D eigenvalue weighted by atomic mass is 35.5. The lowest BCUT2D eigenvalue weighted by Crippen LogP contribution is -2.31. The van der Waals surface area contributed by atoms with Crippen LogP contribution in [0.5, 0.6) is 0 Å². The Labute approximate surface area is 103 Å². The minimum absolute atomic E-state index is 0.0326. The van der Waals surface area contributed by atoms with Crippen LogP contribution in [0.3, 0.4) is 0 Å². The molecule has 1 unspecified atom stereocenters. The lowest BCUT2D eigenvalue weighted by molar-refractivity contribution is -0.139. The molecule has 0 spiro atoms. The number of methoxy groups -OCH3 is 1. The second-order valence-corrected chi connectivity index (χ2v) is 3.80. The van der Waals surface area contributed by atoms with Gasteiger partial charge in [-0.3, -0.25) is 10.1 Å². The van der Waals surface area contributed by atoms with E-state index in [9.17, 15) is 9.18 Å². The predicted octanol–water partition coefficient (Wildman–Crippen LogP) is 1.84. The molecular formula is C11H13ClFNO3. The van der Waals surface area contributed by atoms with E-state index in [0.29, 0.717) is 18.7 Å². The number of aliphatic carboxylic acids is 1. The molecule has 17 heavy (non-hydrogen) atoms. The van der Waals surface area contributed by atoms with Crippen LogP contribution in [0.2, 0.25) is 5.02 Å². The number of hydrogen-bond donors (Lipinski definition) is 2. The molecule has 2 N–H and O–H groups in total. The third kappa shape index (κ3) is 3.96. The summed E-state index contributed by atoms with van der Waals surface area (Å²) in [5.74, 6) is -1.72. The molecule has 0 radical (unpaired) electrons. The monoisotopic (exact) mass is 261 g/mol. The largest absolute Gasteiger partial charge is 0.480 e. The molecule has 0 aliphatic heterocycles. The van der Waals surface area contributed by atoms with Gasteiger partial charge in [-0.15, -0.1) is 0 Å². The zero-order valence-electron chi connectivity index (χ0n) is 9.24. The molecule has 0 saturated carbocycles. The van der Waals surface area contributed by atoms with E-state index in [0.717, 1.165) is 6.07 Å². The van der Waals surface area contributed by atoms with Gasteiger partial charge in [0.25, 0.3) is 0 Å². The van der Waals surface area contributed by atoms with Crippen LogP contribution in [0.15, 0.2) is 18.2 Å².